The van der Waals surface area contributed by atoms with E-state index in [0.717, 1.165) is 28.2 Å². The van der Waals surface area contributed by atoms with Crippen LogP contribution in [0.1, 0.15) is 30.9 Å². The van der Waals surface area contributed by atoms with E-state index in [9.17, 15) is 4.79 Å². The average molecular weight is 396 g/mol. The Hall–Kier alpha value is -3.59. The molecule has 1 unspecified atom stereocenters. The van der Waals surface area contributed by atoms with Gasteiger partial charge in [-0.05, 0) is 43.2 Å². The van der Waals surface area contributed by atoms with Gasteiger partial charge in [-0.3, -0.25) is 0 Å². The fraction of sp³-hybridized carbons (Fsp3) is 0.148. The Kier molecular flexibility index (Phi) is 5.80. The Morgan fingerprint density at radius 2 is 1.43 bits per heavy atom. The molecule has 4 rings (SSSR count). The highest BCUT2D eigenvalue weighted by Gasteiger charge is 2.33. The monoisotopic (exact) mass is 395 g/mol. The van der Waals surface area contributed by atoms with Gasteiger partial charge in [-0.1, -0.05) is 78.9 Å². The van der Waals surface area contributed by atoms with Gasteiger partial charge in [-0.15, -0.1) is 0 Å². The lowest BCUT2D eigenvalue weighted by Gasteiger charge is -2.36. The van der Waals surface area contributed by atoms with Crippen LogP contribution in [-0.2, 0) is 9.53 Å². The summed E-state index contributed by atoms with van der Waals surface area (Å²) in [7, 11) is 0. The molecule has 1 aliphatic rings. The third kappa shape index (κ3) is 3.79. The van der Waals surface area contributed by atoms with Crippen molar-refractivity contribution in [1.82, 2.24) is 0 Å². The lowest BCUT2D eigenvalue weighted by atomic mass is 9.84. The molecular weight excluding hydrogens is 370 g/mol. The molecule has 0 spiro atoms. The van der Waals surface area contributed by atoms with Crippen molar-refractivity contribution in [2.24, 2.45) is 0 Å². The third-order valence-corrected chi connectivity index (χ3v) is 5.34. The van der Waals surface area contributed by atoms with Crippen LogP contribution in [0.5, 0.6) is 0 Å². The molecule has 1 aliphatic heterocycles. The first kappa shape index (κ1) is 19.7. The molecule has 0 radical (unpaired) electrons. The second kappa shape index (κ2) is 8.83. The van der Waals surface area contributed by atoms with Crippen LogP contribution in [0.2, 0.25) is 0 Å². The minimum atomic E-state index is -0.270. The lowest BCUT2D eigenvalue weighted by molar-refractivity contribution is -0.138. The molecule has 0 fully saturated rings. The summed E-state index contributed by atoms with van der Waals surface area (Å²) < 4.78 is 5.48. The fourth-order valence-electron chi connectivity index (χ4n) is 3.99. The van der Waals surface area contributed by atoms with Crippen molar-refractivity contribution in [3.63, 3.8) is 0 Å². The van der Waals surface area contributed by atoms with Gasteiger partial charge in [-0.25, -0.2) is 4.79 Å². The molecule has 3 nitrogen and oxygen atoms in total. The quantitative estimate of drug-likeness (QED) is 0.484. The van der Waals surface area contributed by atoms with Crippen molar-refractivity contribution in [3.8, 4) is 0 Å². The van der Waals surface area contributed by atoms with Gasteiger partial charge in [0.05, 0.1) is 17.9 Å². The second-order valence-electron chi connectivity index (χ2n) is 7.20. The second-order valence-corrected chi connectivity index (χ2v) is 7.20. The van der Waals surface area contributed by atoms with Gasteiger partial charge in [0.15, 0.2) is 0 Å². The highest BCUT2D eigenvalue weighted by atomic mass is 16.5. The molecule has 150 valence electrons. The number of nitrogens with zero attached hydrogens (tertiary/aromatic N) is 1. The molecule has 1 atom stereocenters. The first-order valence-electron chi connectivity index (χ1n) is 10.3. The van der Waals surface area contributed by atoms with Gasteiger partial charge in [0.2, 0.25) is 0 Å². The molecule has 0 aliphatic carbocycles. The van der Waals surface area contributed by atoms with Crippen LogP contribution in [0.3, 0.4) is 0 Å². The average Bonchev–Trinajstić information content (AvgIpc) is 2.80. The van der Waals surface area contributed by atoms with Crippen LogP contribution in [0.25, 0.3) is 5.70 Å². The van der Waals surface area contributed by atoms with Crippen LogP contribution >= 0.6 is 0 Å². The van der Waals surface area contributed by atoms with Gasteiger partial charge in [-0.2, -0.15) is 0 Å². The summed E-state index contributed by atoms with van der Waals surface area (Å²) in [6.07, 6.45) is 2.18. The van der Waals surface area contributed by atoms with E-state index >= 15 is 0 Å². The topological polar surface area (TPSA) is 29.5 Å². The standard InChI is InChI=1S/C27H25NO2/c1-3-30-27(29)26-20(2)28(23-17-11-6-12-18-23)25(22-15-9-5-10-16-22)19-24(26)21-13-7-4-8-14-21/h4-19,24H,3H2,1-2H3. The van der Waals surface area contributed by atoms with Gasteiger partial charge >= 0.3 is 5.97 Å². The zero-order valence-electron chi connectivity index (χ0n) is 17.3. The largest absolute Gasteiger partial charge is 0.463 e. The number of allylic oxidation sites excluding steroid dienone is 2. The van der Waals surface area contributed by atoms with Gasteiger partial charge in [0.1, 0.15) is 0 Å². The van der Waals surface area contributed by atoms with Gasteiger partial charge in [0, 0.05) is 17.3 Å². The minimum Gasteiger partial charge on any atom is -0.463 e. The van der Waals surface area contributed by atoms with Crippen molar-refractivity contribution in [1.29, 1.82) is 0 Å². The number of hydrogen-bond acceptors (Lipinski definition) is 3. The van der Waals surface area contributed by atoms with Crippen LogP contribution in [0.15, 0.2) is 108 Å². The van der Waals surface area contributed by atoms with Gasteiger partial charge in [0.25, 0.3) is 0 Å². The first-order chi connectivity index (χ1) is 14.7. The third-order valence-electron chi connectivity index (χ3n) is 5.34. The van der Waals surface area contributed by atoms with Crippen molar-refractivity contribution in [2.75, 3.05) is 11.5 Å². The summed E-state index contributed by atoms with van der Waals surface area (Å²) in [5.41, 5.74) is 5.80. The number of carbonyl (C=O) groups is 1. The Balaban J connectivity index is 1.95. The number of rotatable bonds is 5. The number of hydrogen-bond donors (Lipinski definition) is 0. The molecule has 30 heavy (non-hydrogen) atoms. The lowest BCUT2D eigenvalue weighted by Crippen LogP contribution is -2.30. The number of para-hydroxylation sites is 1. The van der Waals surface area contributed by atoms with Crippen molar-refractivity contribution in [2.45, 2.75) is 19.8 Å². The van der Waals surface area contributed by atoms with E-state index in [-0.39, 0.29) is 11.9 Å². The predicted molar refractivity (Wildman–Crippen MR) is 122 cm³/mol. The molecule has 0 saturated heterocycles. The molecule has 0 N–H and O–H groups in total. The van der Waals surface area contributed by atoms with Gasteiger partial charge < -0.3 is 9.64 Å². The van der Waals surface area contributed by atoms with Crippen LogP contribution < -0.4 is 4.90 Å². The zero-order chi connectivity index (χ0) is 20.9. The highest BCUT2D eigenvalue weighted by Crippen LogP contribution is 2.42. The molecule has 0 bridgehead atoms. The SMILES string of the molecule is CCOC(=O)C1=C(C)N(c2ccccc2)C(c2ccccc2)=CC1c1ccccc1. The summed E-state index contributed by atoms with van der Waals surface area (Å²) in [5.74, 6) is -0.450. The maximum Gasteiger partial charge on any atom is 0.336 e. The molecule has 0 saturated carbocycles. The normalized spacial score (nSPS) is 16.3. The van der Waals surface area contributed by atoms with Crippen molar-refractivity contribution < 1.29 is 9.53 Å². The molecule has 0 aromatic heterocycles. The Bertz CT molecular complexity index is 1070. The summed E-state index contributed by atoms with van der Waals surface area (Å²) in [6.45, 7) is 4.19. The molecule has 3 heteroatoms. The molecular formula is C27H25NO2. The fourth-order valence-corrected chi connectivity index (χ4v) is 3.99. The number of carbonyl (C=O) groups excluding carboxylic acids is 1. The maximum atomic E-state index is 13.1. The Labute approximate surface area is 177 Å². The van der Waals surface area contributed by atoms with Crippen LogP contribution in [0.4, 0.5) is 5.69 Å². The van der Waals surface area contributed by atoms with E-state index in [1.807, 2.05) is 68.4 Å². The van der Waals surface area contributed by atoms with Crippen molar-refractivity contribution >= 4 is 17.4 Å². The van der Waals surface area contributed by atoms with Crippen LogP contribution in [0, 0.1) is 0 Å². The van der Waals surface area contributed by atoms with E-state index < -0.39 is 0 Å². The molecule has 0 amide bonds. The van der Waals surface area contributed by atoms with Crippen LogP contribution in [-0.4, -0.2) is 12.6 Å². The zero-order valence-corrected chi connectivity index (χ0v) is 17.3. The van der Waals surface area contributed by atoms with E-state index in [1.165, 1.54) is 0 Å². The van der Waals surface area contributed by atoms with E-state index in [1.54, 1.807) is 0 Å². The highest BCUT2D eigenvalue weighted by molar-refractivity contribution is 5.97. The van der Waals surface area contributed by atoms with E-state index in [4.69, 9.17) is 4.74 Å². The summed E-state index contributed by atoms with van der Waals surface area (Å²) >= 11 is 0. The van der Waals surface area contributed by atoms with E-state index in [0.29, 0.717) is 12.2 Å². The summed E-state index contributed by atoms with van der Waals surface area (Å²) in [4.78, 5) is 15.2. The summed E-state index contributed by atoms with van der Waals surface area (Å²) in [6, 6.07) is 30.6. The Morgan fingerprint density at radius 3 is 2.03 bits per heavy atom. The first-order valence-corrected chi connectivity index (χ1v) is 10.3. The van der Waals surface area contributed by atoms with Crippen molar-refractivity contribution in [3.05, 3.63) is 119 Å². The molecule has 3 aromatic carbocycles. The summed E-state index contributed by atoms with van der Waals surface area (Å²) in [5, 5.41) is 0. The smallest absolute Gasteiger partial charge is 0.336 e. The number of ether oxygens (including phenoxy) is 1. The molecule has 1 heterocycles. The van der Waals surface area contributed by atoms with E-state index in [2.05, 4.69) is 47.4 Å². The number of benzene rings is 3. The molecule has 3 aromatic rings. The number of esters is 1. The minimum absolute atomic E-state index is 0.180. The predicted octanol–water partition coefficient (Wildman–Crippen LogP) is 6.17. The number of anilines is 1. The maximum absolute atomic E-state index is 13.1. The Morgan fingerprint density at radius 1 is 0.867 bits per heavy atom.